The molecule has 0 saturated heterocycles. The van der Waals surface area contributed by atoms with Gasteiger partial charge in [0.2, 0.25) is 0 Å². The molecule has 86 valence electrons. The molecular formula is C13H21ClO. The lowest BCUT2D eigenvalue weighted by Crippen LogP contribution is -2.17. The Morgan fingerprint density at radius 1 is 1.20 bits per heavy atom. The minimum Gasteiger partial charge on any atom is -0.299 e. The Hall–Kier alpha value is -0.300. The van der Waals surface area contributed by atoms with Crippen LogP contribution < -0.4 is 0 Å². The molecule has 0 aromatic heterocycles. The summed E-state index contributed by atoms with van der Waals surface area (Å²) in [5, 5.41) is 0. The topological polar surface area (TPSA) is 17.1 Å². The number of hydrogen-bond acceptors (Lipinski definition) is 1. The van der Waals surface area contributed by atoms with Gasteiger partial charge in [0, 0.05) is 18.2 Å². The number of rotatable bonds is 6. The molecule has 2 heteroatoms. The lowest BCUT2D eigenvalue weighted by atomic mass is 9.85. The second-order valence-electron chi connectivity index (χ2n) is 4.32. The molecule has 1 rings (SSSR count). The van der Waals surface area contributed by atoms with Crippen molar-refractivity contribution in [3.8, 4) is 0 Å². The molecule has 0 spiro atoms. The molecule has 1 saturated carbocycles. The summed E-state index contributed by atoms with van der Waals surface area (Å²) in [6.07, 6.45) is 12.9. The van der Waals surface area contributed by atoms with Gasteiger partial charge in [-0.1, -0.05) is 31.4 Å². The third kappa shape index (κ3) is 5.36. The van der Waals surface area contributed by atoms with Gasteiger partial charge in [0.05, 0.1) is 0 Å². The number of ketones is 1. The van der Waals surface area contributed by atoms with Crippen molar-refractivity contribution in [1.29, 1.82) is 0 Å². The SMILES string of the molecule is O=C(CCC/C=C/CCl)C1CCCCC1. The molecule has 0 heterocycles. The van der Waals surface area contributed by atoms with E-state index in [0.29, 0.717) is 17.6 Å². The third-order valence-electron chi connectivity index (χ3n) is 3.11. The van der Waals surface area contributed by atoms with E-state index in [1.54, 1.807) is 0 Å². The van der Waals surface area contributed by atoms with Crippen LogP contribution in [0.3, 0.4) is 0 Å². The summed E-state index contributed by atoms with van der Waals surface area (Å²) in [6.45, 7) is 0. The molecule has 0 N–H and O–H groups in total. The van der Waals surface area contributed by atoms with Gasteiger partial charge in [0.1, 0.15) is 5.78 Å². The quantitative estimate of drug-likeness (QED) is 0.380. The van der Waals surface area contributed by atoms with Crippen molar-refractivity contribution in [3.63, 3.8) is 0 Å². The maximum absolute atomic E-state index is 11.8. The molecule has 0 aromatic carbocycles. The van der Waals surface area contributed by atoms with Crippen LogP contribution in [0.4, 0.5) is 0 Å². The van der Waals surface area contributed by atoms with Crippen molar-refractivity contribution in [2.75, 3.05) is 5.88 Å². The molecule has 0 aliphatic heterocycles. The molecule has 0 amide bonds. The zero-order valence-corrected chi connectivity index (χ0v) is 10.1. The Kier molecular flexibility index (Phi) is 6.74. The molecular weight excluding hydrogens is 208 g/mol. The van der Waals surface area contributed by atoms with Gasteiger partial charge >= 0.3 is 0 Å². The molecule has 1 nitrogen and oxygen atoms in total. The Morgan fingerprint density at radius 2 is 1.93 bits per heavy atom. The second-order valence-corrected chi connectivity index (χ2v) is 4.63. The van der Waals surface area contributed by atoms with E-state index in [0.717, 1.165) is 32.1 Å². The van der Waals surface area contributed by atoms with Crippen molar-refractivity contribution >= 4 is 17.4 Å². The predicted octanol–water partition coefficient (Wildman–Crippen LogP) is 4.10. The summed E-state index contributed by atoms with van der Waals surface area (Å²) < 4.78 is 0. The average Bonchev–Trinajstić information content (AvgIpc) is 2.30. The fourth-order valence-electron chi connectivity index (χ4n) is 2.20. The van der Waals surface area contributed by atoms with Crippen LogP contribution in [-0.2, 0) is 4.79 Å². The molecule has 1 fully saturated rings. The normalized spacial score (nSPS) is 18.5. The minimum absolute atomic E-state index is 0.385. The van der Waals surface area contributed by atoms with Gasteiger partial charge in [0.15, 0.2) is 0 Å². The summed E-state index contributed by atoms with van der Waals surface area (Å²) >= 11 is 5.51. The lowest BCUT2D eigenvalue weighted by molar-refractivity contribution is -0.123. The average molecular weight is 229 g/mol. The molecule has 15 heavy (non-hydrogen) atoms. The van der Waals surface area contributed by atoms with Crippen molar-refractivity contribution in [2.24, 2.45) is 5.92 Å². The van der Waals surface area contributed by atoms with Crippen molar-refractivity contribution < 1.29 is 4.79 Å². The molecule has 0 aromatic rings. The van der Waals surface area contributed by atoms with E-state index in [4.69, 9.17) is 11.6 Å². The summed E-state index contributed by atoms with van der Waals surface area (Å²) in [7, 11) is 0. The molecule has 0 radical (unpaired) electrons. The van der Waals surface area contributed by atoms with Crippen molar-refractivity contribution in [2.45, 2.75) is 51.4 Å². The van der Waals surface area contributed by atoms with E-state index in [9.17, 15) is 4.79 Å². The van der Waals surface area contributed by atoms with Crippen LogP contribution in [0.1, 0.15) is 51.4 Å². The maximum Gasteiger partial charge on any atom is 0.135 e. The van der Waals surface area contributed by atoms with Crippen LogP contribution in [0.5, 0.6) is 0 Å². The van der Waals surface area contributed by atoms with E-state index in [2.05, 4.69) is 6.08 Å². The van der Waals surface area contributed by atoms with Crippen LogP contribution in [0.2, 0.25) is 0 Å². The number of halogens is 1. The standard InChI is InChI=1S/C13H21ClO/c14-11-7-2-1-6-10-13(15)12-8-4-3-5-9-12/h2,7,12H,1,3-6,8-11H2/b7-2+. The molecule has 0 unspecified atom stereocenters. The zero-order valence-electron chi connectivity index (χ0n) is 9.38. The van der Waals surface area contributed by atoms with Crippen LogP contribution in [-0.4, -0.2) is 11.7 Å². The van der Waals surface area contributed by atoms with Gasteiger partial charge in [-0.3, -0.25) is 4.79 Å². The first-order chi connectivity index (χ1) is 7.34. The first-order valence-electron chi connectivity index (χ1n) is 6.08. The van der Waals surface area contributed by atoms with E-state index in [-0.39, 0.29) is 0 Å². The zero-order chi connectivity index (χ0) is 10.9. The van der Waals surface area contributed by atoms with Crippen molar-refractivity contribution in [3.05, 3.63) is 12.2 Å². The Labute approximate surface area is 97.9 Å². The number of hydrogen-bond donors (Lipinski definition) is 0. The first kappa shape index (κ1) is 12.8. The van der Waals surface area contributed by atoms with Crippen LogP contribution in [0, 0.1) is 5.92 Å². The van der Waals surface area contributed by atoms with Crippen LogP contribution in [0.25, 0.3) is 0 Å². The smallest absolute Gasteiger partial charge is 0.135 e. The highest BCUT2D eigenvalue weighted by atomic mass is 35.5. The van der Waals surface area contributed by atoms with E-state index in [1.165, 1.54) is 19.3 Å². The largest absolute Gasteiger partial charge is 0.299 e. The fraction of sp³-hybridized carbons (Fsp3) is 0.769. The monoisotopic (exact) mass is 228 g/mol. The minimum atomic E-state index is 0.385. The highest BCUT2D eigenvalue weighted by Gasteiger charge is 2.19. The second kappa shape index (κ2) is 7.92. The Bertz CT molecular complexity index is 205. The number of unbranched alkanes of at least 4 members (excludes halogenated alkanes) is 1. The van der Waals surface area contributed by atoms with Crippen LogP contribution >= 0.6 is 11.6 Å². The lowest BCUT2D eigenvalue weighted by Gasteiger charge is -2.19. The number of Topliss-reactive ketones (excluding diaryl/α,β-unsaturated/α-hetero) is 1. The fourth-order valence-corrected chi connectivity index (χ4v) is 2.33. The third-order valence-corrected chi connectivity index (χ3v) is 3.29. The van der Waals surface area contributed by atoms with Gasteiger partial charge in [-0.05, 0) is 25.7 Å². The van der Waals surface area contributed by atoms with E-state index >= 15 is 0 Å². The van der Waals surface area contributed by atoms with Gasteiger partial charge in [-0.25, -0.2) is 0 Å². The highest BCUT2D eigenvalue weighted by molar-refractivity contribution is 6.18. The molecule has 0 bridgehead atoms. The summed E-state index contributed by atoms with van der Waals surface area (Å²) in [5.74, 6) is 1.46. The number of allylic oxidation sites excluding steroid dienone is 2. The Morgan fingerprint density at radius 3 is 2.60 bits per heavy atom. The summed E-state index contributed by atoms with van der Waals surface area (Å²) in [6, 6.07) is 0. The molecule has 0 atom stereocenters. The maximum atomic E-state index is 11.8. The first-order valence-corrected chi connectivity index (χ1v) is 6.61. The van der Waals surface area contributed by atoms with Gasteiger partial charge in [-0.15, -0.1) is 11.6 Å². The highest BCUT2D eigenvalue weighted by Crippen LogP contribution is 2.25. The van der Waals surface area contributed by atoms with Gasteiger partial charge < -0.3 is 0 Å². The van der Waals surface area contributed by atoms with E-state index < -0.39 is 0 Å². The predicted molar refractivity (Wildman–Crippen MR) is 65.3 cm³/mol. The van der Waals surface area contributed by atoms with E-state index in [1.807, 2.05) is 6.08 Å². The molecule has 1 aliphatic rings. The number of carbonyl (C=O) groups is 1. The number of carbonyl (C=O) groups excluding carboxylic acids is 1. The van der Waals surface area contributed by atoms with Gasteiger partial charge in [-0.2, -0.15) is 0 Å². The van der Waals surface area contributed by atoms with Crippen LogP contribution in [0.15, 0.2) is 12.2 Å². The summed E-state index contributed by atoms with van der Waals surface area (Å²) in [4.78, 5) is 11.8. The van der Waals surface area contributed by atoms with Gasteiger partial charge in [0.25, 0.3) is 0 Å². The summed E-state index contributed by atoms with van der Waals surface area (Å²) in [5.41, 5.74) is 0. The molecule has 1 aliphatic carbocycles. The number of alkyl halides is 1. The van der Waals surface area contributed by atoms with Crippen molar-refractivity contribution in [1.82, 2.24) is 0 Å². The Balaban J connectivity index is 2.09.